The first-order valence-electron chi connectivity index (χ1n) is 16.6. The molecule has 3 amide bonds. The second-order valence-corrected chi connectivity index (χ2v) is 20.4. The minimum absolute atomic E-state index is 0.00315. The van der Waals surface area contributed by atoms with Gasteiger partial charge in [-0.2, -0.15) is 13.2 Å². The van der Waals surface area contributed by atoms with E-state index in [1.54, 1.807) is 27.7 Å². The molecule has 2 aliphatic rings. The van der Waals surface area contributed by atoms with E-state index in [1.807, 2.05) is 17.5 Å². The van der Waals surface area contributed by atoms with Crippen LogP contribution in [0.1, 0.15) is 72.6 Å². The van der Waals surface area contributed by atoms with Crippen molar-refractivity contribution in [3.05, 3.63) is 24.5 Å². The molecule has 1 aliphatic carbocycles. The molecule has 0 aromatic heterocycles. The lowest BCUT2D eigenvalue weighted by Gasteiger charge is -2.29. The number of alkyl halides is 3. The number of likely N-dealkylation sites (tertiary alicyclic amines) is 1. The number of nitrogens with zero attached hydrogens (tertiary/aromatic N) is 1. The molecular formula is C33H54F3N3O8Si. The third kappa shape index (κ3) is 13.1. The number of esters is 1. The summed E-state index contributed by atoms with van der Waals surface area (Å²) in [6.07, 6.45) is 0.0429. The van der Waals surface area contributed by atoms with Gasteiger partial charge in [0.15, 0.2) is 0 Å². The van der Waals surface area contributed by atoms with Crippen LogP contribution in [0.2, 0.25) is 25.7 Å². The predicted octanol–water partition coefficient (Wildman–Crippen LogP) is 5.22. The van der Waals surface area contributed by atoms with Gasteiger partial charge in [-0.25, -0.2) is 9.59 Å². The van der Waals surface area contributed by atoms with Gasteiger partial charge in [0, 0.05) is 20.4 Å². The highest BCUT2D eigenvalue weighted by atomic mass is 28.3. The van der Waals surface area contributed by atoms with E-state index in [4.69, 9.17) is 14.2 Å². The third-order valence-electron chi connectivity index (χ3n) is 8.03. The van der Waals surface area contributed by atoms with Crippen LogP contribution < -0.4 is 10.6 Å². The average Bonchev–Trinajstić information content (AvgIpc) is 3.48. The zero-order valence-corrected chi connectivity index (χ0v) is 30.3. The van der Waals surface area contributed by atoms with Crippen molar-refractivity contribution in [2.45, 2.75) is 134 Å². The maximum absolute atomic E-state index is 13.4. The van der Waals surface area contributed by atoms with E-state index in [-0.39, 0.29) is 37.7 Å². The quantitative estimate of drug-likeness (QED) is 0.0615. The molecule has 1 heterocycles. The predicted molar refractivity (Wildman–Crippen MR) is 176 cm³/mol. The van der Waals surface area contributed by atoms with Crippen LogP contribution in [0, 0.1) is 5.92 Å². The molecule has 1 aliphatic heterocycles. The van der Waals surface area contributed by atoms with Crippen molar-refractivity contribution in [3.63, 3.8) is 0 Å². The lowest BCUT2D eigenvalue weighted by Crippen LogP contribution is -2.54. The second-order valence-electron chi connectivity index (χ2n) is 14.7. The minimum atomic E-state index is -5.02. The Labute approximate surface area is 283 Å². The van der Waals surface area contributed by atoms with Crippen LogP contribution in [0.5, 0.6) is 0 Å². The van der Waals surface area contributed by atoms with E-state index >= 15 is 0 Å². The number of amides is 3. The van der Waals surface area contributed by atoms with Crippen LogP contribution in [0.15, 0.2) is 24.5 Å². The first-order valence-corrected chi connectivity index (χ1v) is 20.3. The van der Waals surface area contributed by atoms with Crippen molar-refractivity contribution in [1.29, 1.82) is 0 Å². The summed E-state index contributed by atoms with van der Waals surface area (Å²) in [7, 11) is -1.43. The van der Waals surface area contributed by atoms with Crippen molar-refractivity contribution in [2.75, 3.05) is 19.8 Å². The number of hydrogen-bond donors (Lipinski definition) is 3. The van der Waals surface area contributed by atoms with Crippen molar-refractivity contribution < 1.29 is 51.7 Å². The van der Waals surface area contributed by atoms with Gasteiger partial charge in [-0.1, -0.05) is 51.2 Å². The number of carbonyl (C=O) groups is 4. The van der Waals surface area contributed by atoms with Crippen molar-refractivity contribution in [3.8, 4) is 0 Å². The Balaban J connectivity index is 1.94. The highest BCUT2D eigenvalue weighted by Crippen LogP contribution is 2.46. The Bertz CT molecular complexity index is 1180. The Kier molecular flexibility index (Phi) is 14.6. The Morgan fingerprint density at radius 1 is 1.10 bits per heavy atom. The lowest BCUT2D eigenvalue weighted by atomic mass is 10.1. The number of hydrogen-bond acceptors (Lipinski definition) is 8. The molecule has 0 bridgehead atoms. The SMILES string of the molecule is C=C(OCC[Si](C)(C)C)[C@H](CCCCC/C=C\[C@@H]1C[C@]1(NC(=O)[C@@H]1C[C@@H](O)CN1C(=O)OC(C)(C)C)C(=O)OCC)NC(=O)C(F)(F)F. The Hall–Kier alpha value is -3.07. The Morgan fingerprint density at radius 2 is 1.77 bits per heavy atom. The van der Waals surface area contributed by atoms with Gasteiger partial charge < -0.3 is 30.0 Å². The summed E-state index contributed by atoms with van der Waals surface area (Å²) in [4.78, 5) is 51.8. The molecule has 1 saturated carbocycles. The molecule has 0 aromatic carbocycles. The van der Waals surface area contributed by atoms with Gasteiger partial charge in [0.25, 0.3) is 0 Å². The maximum Gasteiger partial charge on any atom is 0.471 e. The standard InChI is InChI=1S/C33H54F3N3O8Si/c1-9-45-29(43)32(38-27(41)26-19-24(40)21-39(26)30(44)47-31(3,4)5)20-23(32)15-13-11-10-12-14-16-25(37-28(42)33(34,35)36)22(2)46-17-18-48(6,7)8/h13,15,23-26,40H,2,9-12,14,16-21H2,1,3-8H3,(H,37,42)(H,38,41)/b15-13-/t23-,24-,25+,26+,32-/m1/s1. The van der Waals surface area contributed by atoms with Crippen molar-refractivity contribution >= 4 is 32.0 Å². The van der Waals surface area contributed by atoms with Crippen LogP contribution in [0.4, 0.5) is 18.0 Å². The summed E-state index contributed by atoms with van der Waals surface area (Å²) >= 11 is 0. The van der Waals surface area contributed by atoms with Crippen molar-refractivity contribution in [1.82, 2.24) is 15.5 Å². The fourth-order valence-electron chi connectivity index (χ4n) is 5.29. The van der Waals surface area contributed by atoms with E-state index < -0.39 is 67.5 Å². The zero-order valence-electron chi connectivity index (χ0n) is 29.3. The van der Waals surface area contributed by atoms with Crippen molar-refractivity contribution in [2.24, 2.45) is 5.92 Å². The molecule has 2 rings (SSSR count). The number of ether oxygens (including phenoxy) is 3. The van der Waals surface area contributed by atoms with E-state index in [0.29, 0.717) is 38.7 Å². The third-order valence-corrected chi connectivity index (χ3v) is 9.74. The maximum atomic E-state index is 13.4. The molecule has 0 unspecified atom stereocenters. The number of allylic oxidation sites excluding steroid dienone is 1. The summed E-state index contributed by atoms with van der Waals surface area (Å²) in [5, 5.41) is 15.0. The summed E-state index contributed by atoms with van der Waals surface area (Å²) in [5.41, 5.74) is -2.10. The van der Waals surface area contributed by atoms with Gasteiger partial charge in [0.1, 0.15) is 22.9 Å². The number of aliphatic hydroxyl groups is 1. The van der Waals surface area contributed by atoms with Gasteiger partial charge in [0.2, 0.25) is 5.91 Å². The number of aliphatic hydroxyl groups excluding tert-OH is 1. The van der Waals surface area contributed by atoms with Crippen LogP contribution in [0.25, 0.3) is 0 Å². The van der Waals surface area contributed by atoms with Gasteiger partial charge in [-0.3, -0.25) is 14.5 Å². The molecule has 3 N–H and O–H groups in total. The monoisotopic (exact) mass is 705 g/mol. The molecule has 2 fully saturated rings. The fourth-order valence-corrected chi connectivity index (χ4v) is 6.00. The van der Waals surface area contributed by atoms with E-state index in [0.717, 1.165) is 6.04 Å². The van der Waals surface area contributed by atoms with Gasteiger partial charge in [-0.05, 0) is 59.4 Å². The summed E-state index contributed by atoms with van der Waals surface area (Å²) in [6, 6.07) is -1.18. The van der Waals surface area contributed by atoms with Crippen LogP contribution in [-0.2, 0) is 28.6 Å². The lowest BCUT2D eigenvalue weighted by molar-refractivity contribution is -0.174. The molecule has 0 spiro atoms. The highest BCUT2D eigenvalue weighted by Gasteiger charge is 2.62. The number of carbonyl (C=O) groups excluding carboxylic acids is 4. The number of rotatable bonds is 17. The van der Waals surface area contributed by atoms with E-state index in [1.165, 1.54) is 4.90 Å². The molecule has 0 aromatic rings. The van der Waals surface area contributed by atoms with Gasteiger partial charge >= 0.3 is 24.1 Å². The number of β-amino-alcohol motifs (C(OH)–C–C–N with tert-alkyl or cyclic N) is 1. The summed E-state index contributed by atoms with van der Waals surface area (Å²) < 4.78 is 55.1. The highest BCUT2D eigenvalue weighted by molar-refractivity contribution is 6.76. The van der Waals surface area contributed by atoms with Gasteiger partial charge in [0.05, 0.1) is 31.9 Å². The van der Waals surface area contributed by atoms with Crippen LogP contribution >= 0.6 is 0 Å². The molecule has 15 heteroatoms. The molecule has 1 saturated heterocycles. The van der Waals surface area contributed by atoms with Gasteiger partial charge in [-0.15, -0.1) is 0 Å². The fraction of sp³-hybridized carbons (Fsp3) is 0.758. The summed E-state index contributed by atoms with van der Waals surface area (Å²) in [6.45, 7) is 17.3. The second kappa shape index (κ2) is 17.0. The smallest absolute Gasteiger partial charge is 0.471 e. The Morgan fingerprint density at radius 3 is 2.35 bits per heavy atom. The largest absolute Gasteiger partial charge is 0.497 e. The van der Waals surface area contributed by atoms with Crippen LogP contribution in [-0.4, -0.2) is 97.2 Å². The first kappa shape index (κ1) is 41.1. The first-order chi connectivity index (χ1) is 22.1. The average molecular weight is 706 g/mol. The number of unbranched alkanes of at least 4 members (excludes halogenated alkanes) is 3. The molecule has 48 heavy (non-hydrogen) atoms. The zero-order chi connectivity index (χ0) is 36.5. The minimum Gasteiger partial charge on any atom is -0.497 e. The summed E-state index contributed by atoms with van der Waals surface area (Å²) in [5.74, 6) is -3.44. The molecule has 5 atom stereocenters. The van der Waals surface area contributed by atoms with E-state index in [2.05, 4.69) is 31.5 Å². The van der Waals surface area contributed by atoms with Crippen LogP contribution in [0.3, 0.4) is 0 Å². The number of nitrogens with one attached hydrogen (secondary N) is 2. The molecular weight excluding hydrogens is 651 g/mol. The number of halogens is 3. The molecule has 11 nitrogen and oxygen atoms in total. The van der Waals surface area contributed by atoms with E-state index in [9.17, 15) is 37.5 Å². The molecule has 0 radical (unpaired) electrons. The molecule has 274 valence electrons. The normalized spacial score (nSPS) is 23.4. The topological polar surface area (TPSA) is 144 Å².